The summed E-state index contributed by atoms with van der Waals surface area (Å²) in [6, 6.07) is 10.5. The number of hydrogen-bond acceptors (Lipinski definition) is 2. The quantitative estimate of drug-likeness (QED) is 0.716. The summed E-state index contributed by atoms with van der Waals surface area (Å²) in [5.41, 5.74) is 2.67. The molecular weight excluding hydrogens is 184 g/mol. The van der Waals surface area contributed by atoms with E-state index < -0.39 is 0 Å². The number of rotatable bonds is 2. The molecule has 3 rings (SSSR count). The average Bonchev–Trinajstić information content (AvgIpc) is 3.14. The summed E-state index contributed by atoms with van der Waals surface area (Å²) in [5.74, 6) is 0.816. The zero-order chi connectivity index (χ0) is 10.1. The summed E-state index contributed by atoms with van der Waals surface area (Å²) >= 11 is 0. The van der Waals surface area contributed by atoms with E-state index >= 15 is 0 Å². The van der Waals surface area contributed by atoms with E-state index in [1.165, 1.54) is 37.1 Å². The fraction of sp³-hybridized carbons (Fsp3) is 0.462. The number of hydrogen-bond donors (Lipinski definition) is 0. The van der Waals surface area contributed by atoms with Gasteiger partial charge in [-0.15, -0.1) is 0 Å². The number of hydrazone groups is 1. The van der Waals surface area contributed by atoms with Crippen LogP contribution < -0.4 is 5.01 Å². The summed E-state index contributed by atoms with van der Waals surface area (Å²) in [6.45, 7) is 1.07. The summed E-state index contributed by atoms with van der Waals surface area (Å²) in [6.07, 6.45) is 5.20. The molecule has 0 aromatic heterocycles. The number of para-hydroxylation sites is 1. The Bertz CT molecular complexity index is 365. The zero-order valence-corrected chi connectivity index (χ0v) is 8.89. The lowest BCUT2D eigenvalue weighted by Crippen LogP contribution is -2.26. The van der Waals surface area contributed by atoms with Crippen molar-refractivity contribution in [2.24, 2.45) is 11.0 Å². The lowest BCUT2D eigenvalue weighted by Gasteiger charge is -2.25. The first kappa shape index (κ1) is 8.96. The molecule has 2 aliphatic rings. The molecule has 1 aromatic rings. The third kappa shape index (κ3) is 1.89. The Labute approximate surface area is 90.6 Å². The maximum atomic E-state index is 4.76. The second-order valence-electron chi connectivity index (χ2n) is 4.43. The fourth-order valence-electron chi connectivity index (χ4n) is 2.15. The topological polar surface area (TPSA) is 15.6 Å². The highest BCUT2D eigenvalue weighted by atomic mass is 15.5. The van der Waals surface area contributed by atoms with Gasteiger partial charge in [0, 0.05) is 12.3 Å². The lowest BCUT2D eigenvalue weighted by molar-refractivity contribution is 0.724. The molecule has 1 heterocycles. The molecule has 0 unspecified atom stereocenters. The van der Waals surface area contributed by atoms with Crippen LogP contribution in [0.1, 0.15) is 25.7 Å². The van der Waals surface area contributed by atoms with Gasteiger partial charge in [0.2, 0.25) is 0 Å². The maximum absolute atomic E-state index is 4.76. The van der Waals surface area contributed by atoms with Gasteiger partial charge in [-0.05, 0) is 43.7 Å². The first-order valence-corrected chi connectivity index (χ1v) is 5.83. The molecule has 0 spiro atoms. The number of anilines is 1. The minimum atomic E-state index is 0.816. The summed E-state index contributed by atoms with van der Waals surface area (Å²) < 4.78 is 0. The highest BCUT2D eigenvalue weighted by Crippen LogP contribution is 2.34. The summed E-state index contributed by atoms with van der Waals surface area (Å²) in [5, 5.41) is 6.93. The highest BCUT2D eigenvalue weighted by molar-refractivity contribution is 5.90. The molecule has 1 aromatic carbocycles. The molecule has 2 nitrogen and oxygen atoms in total. The van der Waals surface area contributed by atoms with Gasteiger partial charge < -0.3 is 0 Å². The fourth-order valence-corrected chi connectivity index (χ4v) is 2.15. The van der Waals surface area contributed by atoms with Crippen molar-refractivity contribution in [2.75, 3.05) is 11.6 Å². The van der Waals surface area contributed by atoms with Crippen LogP contribution in [0.15, 0.2) is 35.4 Å². The molecule has 0 amide bonds. The monoisotopic (exact) mass is 200 g/mol. The van der Waals surface area contributed by atoms with Crippen LogP contribution in [0.3, 0.4) is 0 Å². The molecule has 1 saturated carbocycles. The van der Waals surface area contributed by atoms with Crippen LogP contribution in [0.5, 0.6) is 0 Å². The van der Waals surface area contributed by atoms with E-state index in [0.717, 1.165) is 12.5 Å². The van der Waals surface area contributed by atoms with Crippen LogP contribution in [0, 0.1) is 5.92 Å². The Morgan fingerprint density at radius 1 is 1.13 bits per heavy atom. The van der Waals surface area contributed by atoms with Crippen molar-refractivity contribution >= 4 is 11.4 Å². The van der Waals surface area contributed by atoms with E-state index in [2.05, 4.69) is 35.3 Å². The second-order valence-corrected chi connectivity index (χ2v) is 4.43. The Balaban J connectivity index is 1.84. The molecule has 1 aliphatic carbocycles. The van der Waals surface area contributed by atoms with Crippen molar-refractivity contribution < 1.29 is 0 Å². The van der Waals surface area contributed by atoms with Gasteiger partial charge in [-0.1, -0.05) is 18.2 Å². The van der Waals surface area contributed by atoms with Gasteiger partial charge in [0.1, 0.15) is 0 Å². The van der Waals surface area contributed by atoms with Crippen molar-refractivity contribution in [1.29, 1.82) is 0 Å². The van der Waals surface area contributed by atoms with Gasteiger partial charge in [0.05, 0.1) is 5.69 Å². The van der Waals surface area contributed by atoms with Crippen LogP contribution >= 0.6 is 0 Å². The second kappa shape index (κ2) is 3.69. The molecule has 1 aliphatic heterocycles. The highest BCUT2D eigenvalue weighted by Gasteiger charge is 2.29. The minimum Gasteiger partial charge on any atom is -0.266 e. The predicted molar refractivity (Wildman–Crippen MR) is 63.2 cm³/mol. The molecular formula is C13H16N2. The maximum Gasteiger partial charge on any atom is 0.0593 e. The van der Waals surface area contributed by atoms with E-state index in [9.17, 15) is 0 Å². The molecule has 0 atom stereocenters. The van der Waals surface area contributed by atoms with Crippen molar-refractivity contribution in [3.05, 3.63) is 30.3 Å². The Hall–Kier alpha value is -1.31. The van der Waals surface area contributed by atoms with Gasteiger partial charge in [-0.3, -0.25) is 5.01 Å². The standard InChI is InChI=1S/C13H16N2/c1-2-5-12(6-3-1)15-10-4-7-13(14-15)11-8-9-11/h1-3,5-6,11H,4,7-10H2. The van der Waals surface area contributed by atoms with Crippen LogP contribution in [0.25, 0.3) is 0 Å². The molecule has 0 saturated heterocycles. The Kier molecular flexibility index (Phi) is 2.20. The van der Waals surface area contributed by atoms with Gasteiger partial charge in [0.15, 0.2) is 0 Å². The van der Waals surface area contributed by atoms with Gasteiger partial charge in [-0.25, -0.2) is 0 Å². The van der Waals surface area contributed by atoms with E-state index in [1.807, 2.05) is 0 Å². The van der Waals surface area contributed by atoms with Crippen LogP contribution in [0.4, 0.5) is 5.69 Å². The Morgan fingerprint density at radius 3 is 2.67 bits per heavy atom. The molecule has 1 fully saturated rings. The molecule has 0 bridgehead atoms. The van der Waals surface area contributed by atoms with Crippen LogP contribution in [0.2, 0.25) is 0 Å². The smallest absolute Gasteiger partial charge is 0.0593 e. The molecule has 0 N–H and O–H groups in total. The summed E-state index contributed by atoms with van der Waals surface area (Å²) in [4.78, 5) is 0. The molecule has 15 heavy (non-hydrogen) atoms. The molecule has 0 radical (unpaired) electrons. The average molecular weight is 200 g/mol. The summed E-state index contributed by atoms with van der Waals surface area (Å²) in [7, 11) is 0. The zero-order valence-electron chi connectivity index (χ0n) is 8.89. The molecule has 2 heteroatoms. The van der Waals surface area contributed by atoms with Crippen molar-refractivity contribution in [3.63, 3.8) is 0 Å². The predicted octanol–water partition coefficient (Wildman–Crippen LogP) is 3.05. The third-order valence-electron chi connectivity index (χ3n) is 3.15. The van der Waals surface area contributed by atoms with Gasteiger partial charge in [-0.2, -0.15) is 5.10 Å². The normalized spacial score (nSPS) is 21.3. The number of benzene rings is 1. The SMILES string of the molecule is c1ccc(N2CCCC(C3CC3)=N2)cc1. The Morgan fingerprint density at radius 2 is 1.93 bits per heavy atom. The van der Waals surface area contributed by atoms with Gasteiger partial charge in [0.25, 0.3) is 0 Å². The largest absolute Gasteiger partial charge is 0.266 e. The minimum absolute atomic E-state index is 0.816. The van der Waals surface area contributed by atoms with Crippen molar-refractivity contribution in [3.8, 4) is 0 Å². The van der Waals surface area contributed by atoms with E-state index in [-0.39, 0.29) is 0 Å². The van der Waals surface area contributed by atoms with E-state index in [1.54, 1.807) is 0 Å². The first-order chi connectivity index (χ1) is 7.43. The third-order valence-corrected chi connectivity index (χ3v) is 3.15. The lowest BCUT2D eigenvalue weighted by atomic mass is 10.1. The van der Waals surface area contributed by atoms with E-state index in [0.29, 0.717) is 0 Å². The first-order valence-electron chi connectivity index (χ1n) is 5.83. The number of nitrogens with zero attached hydrogens (tertiary/aromatic N) is 2. The van der Waals surface area contributed by atoms with Crippen LogP contribution in [-0.2, 0) is 0 Å². The van der Waals surface area contributed by atoms with Crippen molar-refractivity contribution in [1.82, 2.24) is 0 Å². The van der Waals surface area contributed by atoms with E-state index in [4.69, 9.17) is 5.10 Å². The van der Waals surface area contributed by atoms with Crippen molar-refractivity contribution in [2.45, 2.75) is 25.7 Å². The molecule has 78 valence electrons. The van der Waals surface area contributed by atoms with Crippen LogP contribution in [-0.4, -0.2) is 12.3 Å². The van der Waals surface area contributed by atoms with Gasteiger partial charge >= 0.3 is 0 Å².